The second-order valence-corrected chi connectivity index (χ2v) is 4.37. The first kappa shape index (κ1) is 14.0. The van der Waals surface area contributed by atoms with Crippen LogP contribution in [0.3, 0.4) is 0 Å². The molecule has 6 nitrogen and oxygen atoms in total. The van der Waals surface area contributed by atoms with Gasteiger partial charge in [0.25, 0.3) is 0 Å². The summed E-state index contributed by atoms with van der Waals surface area (Å²) in [6.45, 7) is 3.41. The molecule has 0 unspecified atom stereocenters. The monoisotopic (exact) mass is 273 g/mol. The molecule has 0 fully saturated rings. The van der Waals surface area contributed by atoms with Gasteiger partial charge in [0, 0.05) is 18.9 Å². The van der Waals surface area contributed by atoms with Gasteiger partial charge in [-0.15, -0.1) is 0 Å². The van der Waals surface area contributed by atoms with Crippen LogP contribution in [-0.4, -0.2) is 21.5 Å². The van der Waals surface area contributed by atoms with Crippen molar-refractivity contribution in [3.63, 3.8) is 0 Å². The van der Waals surface area contributed by atoms with Crippen molar-refractivity contribution in [2.75, 3.05) is 17.6 Å². The van der Waals surface area contributed by atoms with Crippen molar-refractivity contribution >= 4 is 11.8 Å². The van der Waals surface area contributed by atoms with Gasteiger partial charge in [-0.1, -0.05) is 13.3 Å². The zero-order valence-corrected chi connectivity index (χ0v) is 11.5. The molecule has 0 radical (unpaired) electrons. The molecule has 6 heteroatoms. The molecule has 0 aliphatic rings. The number of pyridine rings is 1. The Hall–Kier alpha value is -2.37. The van der Waals surface area contributed by atoms with Gasteiger partial charge in [-0.25, -0.2) is 4.98 Å². The van der Waals surface area contributed by atoms with Gasteiger partial charge in [-0.3, -0.25) is 4.98 Å². The van der Waals surface area contributed by atoms with Crippen LogP contribution in [0, 0.1) is 0 Å². The molecule has 0 aliphatic carbocycles. The topological polar surface area (TPSA) is 86.0 Å². The second kappa shape index (κ2) is 7.28. The summed E-state index contributed by atoms with van der Waals surface area (Å²) >= 11 is 0. The van der Waals surface area contributed by atoms with E-state index in [1.54, 1.807) is 18.6 Å². The van der Waals surface area contributed by atoms with E-state index in [9.17, 15) is 0 Å². The number of aromatic nitrogens is 3. The van der Waals surface area contributed by atoms with Gasteiger partial charge < -0.3 is 15.8 Å². The molecule has 2 rings (SSSR count). The smallest absolute Gasteiger partial charge is 0.222 e. The lowest BCUT2D eigenvalue weighted by Crippen LogP contribution is -2.08. The van der Waals surface area contributed by atoms with Crippen molar-refractivity contribution in [3.8, 4) is 5.75 Å². The molecule has 0 aliphatic heterocycles. The van der Waals surface area contributed by atoms with Crippen LogP contribution in [0.5, 0.6) is 5.75 Å². The highest BCUT2D eigenvalue weighted by atomic mass is 16.5. The van der Waals surface area contributed by atoms with E-state index in [2.05, 4.69) is 27.2 Å². The predicted molar refractivity (Wildman–Crippen MR) is 78.4 cm³/mol. The molecule has 0 saturated carbocycles. The molecular weight excluding hydrogens is 254 g/mol. The largest absolute Gasteiger partial charge is 0.483 e. The number of anilines is 2. The fraction of sp³-hybridized carbons (Fsp3) is 0.357. The van der Waals surface area contributed by atoms with Crippen LogP contribution in [0.15, 0.2) is 30.7 Å². The van der Waals surface area contributed by atoms with Crippen molar-refractivity contribution in [1.82, 2.24) is 15.0 Å². The van der Waals surface area contributed by atoms with Crippen LogP contribution in [0.4, 0.5) is 11.8 Å². The van der Waals surface area contributed by atoms with Gasteiger partial charge in [0.2, 0.25) is 5.95 Å². The van der Waals surface area contributed by atoms with Crippen molar-refractivity contribution in [3.05, 3.63) is 36.3 Å². The third kappa shape index (κ3) is 4.08. The van der Waals surface area contributed by atoms with Gasteiger partial charge in [0.1, 0.15) is 6.61 Å². The van der Waals surface area contributed by atoms with Crippen molar-refractivity contribution in [2.45, 2.75) is 26.4 Å². The molecule has 0 spiro atoms. The van der Waals surface area contributed by atoms with Crippen LogP contribution in [0.2, 0.25) is 0 Å². The third-order valence-electron chi connectivity index (χ3n) is 2.74. The maximum atomic E-state index is 5.74. The first-order valence-corrected chi connectivity index (χ1v) is 6.67. The molecule has 20 heavy (non-hydrogen) atoms. The Kier molecular flexibility index (Phi) is 5.11. The molecule has 2 aromatic heterocycles. The number of rotatable bonds is 7. The van der Waals surface area contributed by atoms with Gasteiger partial charge in [-0.05, 0) is 24.1 Å². The van der Waals surface area contributed by atoms with E-state index < -0.39 is 0 Å². The molecule has 0 aromatic carbocycles. The molecule has 3 N–H and O–H groups in total. The molecule has 2 heterocycles. The molecule has 2 aromatic rings. The molecule has 0 saturated heterocycles. The number of unbranched alkanes of at least 4 members (excludes halogenated alkanes) is 1. The number of nitrogens with two attached hydrogens (primary N) is 1. The van der Waals surface area contributed by atoms with E-state index in [1.165, 1.54) is 0 Å². The average Bonchev–Trinajstić information content (AvgIpc) is 2.48. The lowest BCUT2D eigenvalue weighted by atomic mass is 10.3. The highest BCUT2D eigenvalue weighted by Gasteiger charge is 2.07. The van der Waals surface area contributed by atoms with E-state index in [1.807, 2.05) is 12.1 Å². The Morgan fingerprint density at radius 1 is 1.30 bits per heavy atom. The van der Waals surface area contributed by atoms with Gasteiger partial charge in [0.15, 0.2) is 11.6 Å². The summed E-state index contributed by atoms with van der Waals surface area (Å²) in [4.78, 5) is 12.1. The highest BCUT2D eigenvalue weighted by molar-refractivity contribution is 5.51. The maximum Gasteiger partial charge on any atom is 0.222 e. The van der Waals surface area contributed by atoms with Crippen molar-refractivity contribution in [1.29, 1.82) is 0 Å². The normalized spacial score (nSPS) is 10.2. The number of hydrogen-bond donors (Lipinski definition) is 2. The fourth-order valence-electron chi connectivity index (χ4n) is 1.64. The zero-order valence-electron chi connectivity index (χ0n) is 11.5. The van der Waals surface area contributed by atoms with E-state index in [4.69, 9.17) is 10.5 Å². The fourth-order valence-corrected chi connectivity index (χ4v) is 1.64. The van der Waals surface area contributed by atoms with E-state index in [0.29, 0.717) is 18.2 Å². The number of ether oxygens (including phenoxy) is 1. The Balaban J connectivity index is 2.02. The Labute approximate surface area is 118 Å². The number of nitrogen functional groups attached to an aromatic ring is 1. The SMILES string of the molecule is CCCCNc1nc(N)ncc1OCc1ccncc1. The lowest BCUT2D eigenvalue weighted by Gasteiger charge is -2.12. The van der Waals surface area contributed by atoms with Crippen LogP contribution in [0.1, 0.15) is 25.3 Å². The summed E-state index contributed by atoms with van der Waals surface area (Å²) in [6, 6.07) is 3.81. The molecule has 106 valence electrons. The van der Waals surface area contributed by atoms with Crippen molar-refractivity contribution < 1.29 is 4.74 Å². The highest BCUT2D eigenvalue weighted by Crippen LogP contribution is 2.22. The van der Waals surface area contributed by atoms with Crippen LogP contribution >= 0.6 is 0 Å². The summed E-state index contributed by atoms with van der Waals surface area (Å²) in [6.07, 6.45) is 7.24. The quantitative estimate of drug-likeness (QED) is 0.752. The standard InChI is InChI=1S/C14H19N5O/c1-2-3-6-17-13-12(9-18-14(15)19-13)20-10-11-4-7-16-8-5-11/h4-5,7-9H,2-3,6,10H2,1H3,(H3,15,17,18,19). The molecular formula is C14H19N5O. The molecule has 0 bridgehead atoms. The minimum atomic E-state index is 0.236. The van der Waals surface area contributed by atoms with E-state index in [0.717, 1.165) is 24.9 Å². The number of nitrogens with one attached hydrogen (secondary N) is 1. The van der Waals surface area contributed by atoms with Gasteiger partial charge in [-0.2, -0.15) is 4.98 Å². The summed E-state index contributed by atoms with van der Waals surface area (Å²) in [7, 11) is 0. The minimum Gasteiger partial charge on any atom is -0.483 e. The van der Waals surface area contributed by atoms with Gasteiger partial charge in [0.05, 0.1) is 6.20 Å². The Morgan fingerprint density at radius 3 is 2.85 bits per heavy atom. The Morgan fingerprint density at radius 2 is 2.10 bits per heavy atom. The van der Waals surface area contributed by atoms with E-state index in [-0.39, 0.29) is 5.95 Å². The summed E-state index contributed by atoms with van der Waals surface area (Å²) in [5.74, 6) is 1.48. The van der Waals surface area contributed by atoms with Gasteiger partial charge >= 0.3 is 0 Å². The Bertz CT molecular complexity index is 532. The van der Waals surface area contributed by atoms with Crippen LogP contribution in [-0.2, 0) is 6.61 Å². The van der Waals surface area contributed by atoms with E-state index >= 15 is 0 Å². The summed E-state index contributed by atoms with van der Waals surface area (Å²) in [5, 5.41) is 3.22. The predicted octanol–water partition coefficient (Wildman–Crippen LogP) is 2.24. The summed E-state index contributed by atoms with van der Waals surface area (Å²) < 4.78 is 5.74. The first-order chi connectivity index (χ1) is 9.79. The summed E-state index contributed by atoms with van der Waals surface area (Å²) in [5.41, 5.74) is 6.65. The zero-order chi connectivity index (χ0) is 14.2. The number of nitrogens with zero attached hydrogens (tertiary/aromatic N) is 3. The first-order valence-electron chi connectivity index (χ1n) is 6.67. The second-order valence-electron chi connectivity index (χ2n) is 4.37. The lowest BCUT2D eigenvalue weighted by molar-refractivity contribution is 0.305. The average molecular weight is 273 g/mol. The van der Waals surface area contributed by atoms with Crippen LogP contribution < -0.4 is 15.8 Å². The van der Waals surface area contributed by atoms with Crippen molar-refractivity contribution in [2.24, 2.45) is 0 Å². The minimum absolute atomic E-state index is 0.236. The van der Waals surface area contributed by atoms with Crippen LogP contribution in [0.25, 0.3) is 0 Å². The number of hydrogen-bond acceptors (Lipinski definition) is 6. The molecule has 0 atom stereocenters. The third-order valence-corrected chi connectivity index (χ3v) is 2.74. The molecule has 0 amide bonds. The maximum absolute atomic E-state index is 5.74.